The summed E-state index contributed by atoms with van der Waals surface area (Å²) in [5.41, 5.74) is 4.16. The summed E-state index contributed by atoms with van der Waals surface area (Å²) in [4.78, 5) is 11.7. The van der Waals surface area contributed by atoms with Crippen LogP contribution < -0.4 is 11.1 Å². The van der Waals surface area contributed by atoms with E-state index >= 15 is 0 Å². The first kappa shape index (κ1) is 17.0. The number of benzene rings is 1. The Morgan fingerprint density at radius 2 is 2.05 bits per heavy atom. The molecule has 1 atom stereocenters. The number of rotatable bonds is 3. The highest BCUT2D eigenvalue weighted by Crippen LogP contribution is 2.62. The minimum atomic E-state index is -2.84. The van der Waals surface area contributed by atoms with E-state index in [2.05, 4.69) is 5.32 Å². The van der Waals surface area contributed by atoms with E-state index < -0.39 is 23.0 Å². The molecule has 0 aliphatic heterocycles. The number of anilines is 1. The van der Waals surface area contributed by atoms with Crippen molar-refractivity contribution >= 4 is 23.4 Å². The topological polar surface area (TPSA) is 64.3 Å². The third-order valence-electron chi connectivity index (χ3n) is 3.58. The van der Waals surface area contributed by atoms with Gasteiger partial charge in [-0.2, -0.15) is 0 Å². The van der Waals surface area contributed by atoms with E-state index in [4.69, 9.17) is 22.1 Å². The number of hydrogen-bond donors (Lipinski definition) is 2. The zero-order valence-electron chi connectivity index (χ0n) is 12.7. The Morgan fingerprint density at radius 3 is 2.45 bits per heavy atom. The van der Waals surface area contributed by atoms with Gasteiger partial charge >= 0.3 is 6.09 Å². The van der Waals surface area contributed by atoms with Gasteiger partial charge in [0, 0.05) is 23.7 Å². The predicted octanol–water partition coefficient (Wildman–Crippen LogP) is 3.92. The Morgan fingerprint density at radius 1 is 1.45 bits per heavy atom. The van der Waals surface area contributed by atoms with Gasteiger partial charge in [0.1, 0.15) is 5.60 Å². The SMILES string of the molecule is CC(C)(C)OC(=O)Nc1ccc(C2(CN)CC2(F)F)c(Cl)c1. The van der Waals surface area contributed by atoms with Gasteiger partial charge in [-0.1, -0.05) is 17.7 Å². The van der Waals surface area contributed by atoms with Gasteiger partial charge in [-0.3, -0.25) is 5.32 Å². The lowest BCUT2D eigenvalue weighted by Crippen LogP contribution is -2.28. The highest BCUT2D eigenvalue weighted by molar-refractivity contribution is 6.32. The first-order valence-electron chi connectivity index (χ1n) is 6.89. The number of ether oxygens (including phenoxy) is 1. The summed E-state index contributed by atoms with van der Waals surface area (Å²) < 4.78 is 32.3. The molecule has 1 fully saturated rings. The van der Waals surface area contributed by atoms with Gasteiger partial charge in [-0.25, -0.2) is 13.6 Å². The van der Waals surface area contributed by atoms with Gasteiger partial charge in [0.25, 0.3) is 5.92 Å². The molecule has 22 heavy (non-hydrogen) atoms. The normalized spacial score (nSPS) is 23.0. The lowest BCUT2D eigenvalue weighted by atomic mass is 9.95. The molecular weight excluding hydrogens is 314 g/mol. The molecule has 3 N–H and O–H groups in total. The van der Waals surface area contributed by atoms with Crippen molar-refractivity contribution in [3.63, 3.8) is 0 Å². The van der Waals surface area contributed by atoms with Crippen LogP contribution in [0.4, 0.5) is 19.3 Å². The van der Waals surface area contributed by atoms with Crippen LogP contribution in [0.2, 0.25) is 5.02 Å². The van der Waals surface area contributed by atoms with Crippen molar-refractivity contribution in [3.05, 3.63) is 28.8 Å². The van der Waals surface area contributed by atoms with Crippen molar-refractivity contribution in [2.75, 3.05) is 11.9 Å². The molecule has 2 rings (SSSR count). The van der Waals surface area contributed by atoms with Gasteiger partial charge in [-0.05, 0) is 38.5 Å². The molecule has 0 spiro atoms. The summed E-state index contributed by atoms with van der Waals surface area (Å²) in [6.45, 7) is 5.03. The van der Waals surface area contributed by atoms with E-state index in [1.165, 1.54) is 18.2 Å². The highest BCUT2D eigenvalue weighted by Gasteiger charge is 2.71. The monoisotopic (exact) mass is 332 g/mol. The van der Waals surface area contributed by atoms with E-state index in [-0.39, 0.29) is 18.0 Å². The number of nitrogens with two attached hydrogens (primary N) is 1. The molecule has 1 amide bonds. The average Bonchev–Trinajstić information content (AvgIpc) is 2.90. The van der Waals surface area contributed by atoms with Crippen LogP contribution >= 0.6 is 11.6 Å². The average molecular weight is 333 g/mol. The van der Waals surface area contributed by atoms with Crippen molar-refractivity contribution in [3.8, 4) is 0 Å². The van der Waals surface area contributed by atoms with E-state index in [0.29, 0.717) is 11.3 Å². The fraction of sp³-hybridized carbons (Fsp3) is 0.533. The molecule has 7 heteroatoms. The molecule has 1 aliphatic rings. The van der Waals surface area contributed by atoms with Crippen LogP contribution in [0, 0.1) is 0 Å². The first-order valence-corrected chi connectivity index (χ1v) is 7.26. The quantitative estimate of drug-likeness (QED) is 0.881. The number of carbonyl (C=O) groups excluding carboxylic acids is 1. The lowest BCUT2D eigenvalue weighted by molar-refractivity contribution is 0.0635. The molecule has 0 heterocycles. The van der Waals surface area contributed by atoms with Gasteiger partial charge < -0.3 is 10.5 Å². The lowest BCUT2D eigenvalue weighted by Gasteiger charge is -2.20. The number of halogens is 3. The molecule has 1 saturated carbocycles. The maximum atomic E-state index is 13.6. The summed E-state index contributed by atoms with van der Waals surface area (Å²) in [7, 11) is 0. The molecule has 1 aromatic carbocycles. The number of nitrogens with one attached hydrogen (secondary N) is 1. The maximum absolute atomic E-state index is 13.6. The second-order valence-electron chi connectivity index (χ2n) is 6.49. The van der Waals surface area contributed by atoms with Gasteiger partial charge in [0.05, 0.1) is 5.41 Å². The van der Waals surface area contributed by atoms with Crippen LogP contribution in [0.5, 0.6) is 0 Å². The van der Waals surface area contributed by atoms with Crippen LogP contribution in [0.25, 0.3) is 0 Å². The zero-order valence-corrected chi connectivity index (χ0v) is 13.4. The van der Waals surface area contributed by atoms with Crippen LogP contribution in [0.1, 0.15) is 32.8 Å². The molecule has 4 nitrogen and oxygen atoms in total. The number of alkyl halides is 2. The fourth-order valence-corrected chi connectivity index (χ4v) is 2.72. The number of hydrogen-bond acceptors (Lipinski definition) is 3. The molecule has 0 aromatic heterocycles. The molecule has 0 saturated heterocycles. The Balaban J connectivity index is 2.16. The van der Waals surface area contributed by atoms with Crippen molar-refractivity contribution in [2.45, 2.75) is 44.1 Å². The Hall–Kier alpha value is -1.40. The van der Waals surface area contributed by atoms with Gasteiger partial charge in [0.15, 0.2) is 0 Å². The Bertz CT molecular complexity index is 602. The predicted molar refractivity (Wildman–Crippen MR) is 81.6 cm³/mol. The third kappa shape index (κ3) is 3.17. The van der Waals surface area contributed by atoms with E-state index in [9.17, 15) is 13.6 Å². The summed E-state index contributed by atoms with van der Waals surface area (Å²) in [5, 5.41) is 2.66. The molecule has 0 bridgehead atoms. The smallest absolute Gasteiger partial charge is 0.412 e. The molecule has 1 aliphatic carbocycles. The van der Waals surface area contributed by atoms with Crippen LogP contribution in [0.3, 0.4) is 0 Å². The van der Waals surface area contributed by atoms with E-state index in [0.717, 1.165) is 0 Å². The summed E-state index contributed by atoms with van der Waals surface area (Å²) >= 11 is 6.10. The molecule has 1 aromatic rings. The summed E-state index contributed by atoms with van der Waals surface area (Å²) in [6.07, 6.45) is -0.948. The zero-order chi connectivity index (χ0) is 16.8. The summed E-state index contributed by atoms with van der Waals surface area (Å²) in [6, 6.07) is 4.41. The maximum Gasteiger partial charge on any atom is 0.412 e. The minimum absolute atomic E-state index is 0.149. The third-order valence-corrected chi connectivity index (χ3v) is 3.89. The van der Waals surface area contributed by atoms with E-state index in [1.54, 1.807) is 20.8 Å². The number of amides is 1. The number of carbonyl (C=O) groups is 1. The van der Waals surface area contributed by atoms with Gasteiger partial charge in [0.2, 0.25) is 0 Å². The molecule has 122 valence electrons. The van der Waals surface area contributed by atoms with Crippen molar-refractivity contribution in [1.29, 1.82) is 0 Å². The van der Waals surface area contributed by atoms with Crippen molar-refractivity contribution in [1.82, 2.24) is 0 Å². The van der Waals surface area contributed by atoms with Crippen molar-refractivity contribution in [2.24, 2.45) is 5.73 Å². The standard InChI is InChI=1S/C15H19ClF2N2O2/c1-13(2,3)22-12(21)20-9-4-5-10(11(16)6-9)14(8-19)7-15(14,17)18/h4-6H,7-8,19H2,1-3H3,(H,20,21). The van der Waals surface area contributed by atoms with Crippen molar-refractivity contribution < 1.29 is 18.3 Å². The minimum Gasteiger partial charge on any atom is -0.444 e. The second-order valence-corrected chi connectivity index (χ2v) is 6.90. The van der Waals surface area contributed by atoms with Gasteiger partial charge in [-0.15, -0.1) is 0 Å². The first-order chi connectivity index (χ1) is 10.0. The van der Waals surface area contributed by atoms with Crippen LogP contribution in [-0.4, -0.2) is 24.2 Å². The Labute approximate surface area is 133 Å². The highest BCUT2D eigenvalue weighted by atomic mass is 35.5. The summed E-state index contributed by atoms with van der Waals surface area (Å²) in [5.74, 6) is -2.84. The van der Waals surface area contributed by atoms with Crippen LogP contribution in [0.15, 0.2) is 18.2 Å². The van der Waals surface area contributed by atoms with E-state index in [1.807, 2.05) is 0 Å². The molecule has 1 unspecified atom stereocenters. The largest absolute Gasteiger partial charge is 0.444 e. The van der Waals surface area contributed by atoms with Crippen LogP contribution in [-0.2, 0) is 10.2 Å². The molecule has 0 radical (unpaired) electrons. The second kappa shape index (κ2) is 5.35. The molecular formula is C15H19ClF2N2O2. The fourth-order valence-electron chi connectivity index (χ4n) is 2.36. The Kier molecular flexibility index (Phi) is 4.13.